The van der Waals surface area contributed by atoms with Crippen molar-refractivity contribution in [3.63, 3.8) is 0 Å². The molecule has 3 rings (SSSR count). The van der Waals surface area contributed by atoms with Crippen LogP contribution in [-0.2, 0) is 57.4 Å². The Hall–Kier alpha value is -0.440. The topological polar surface area (TPSA) is 162 Å². The standard InChI is InChI=1S/C39H73Cl2N3O12S/c1-3-48-14-15-52-22-23-55-26-27-56-25-24-53-19-16-49-11-8-39(45)42-9-12-50-17-20-54-21-18-51-13-10-43-57(46,47)34-6-4-32(5-7-34)36-30-44(2)31-37-35(36)28-33(40)29-38(37)41/h32-38,43H,3-31H2,1-2H3,(H,42,45). The lowest BCUT2D eigenvalue weighted by Crippen LogP contribution is -2.53. The van der Waals surface area contributed by atoms with Gasteiger partial charge in [0, 0.05) is 50.0 Å². The Labute approximate surface area is 352 Å². The van der Waals surface area contributed by atoms with Crippen LogP contribution >= 0.6 is 23.2 Å². The van der Waals surface area contributed by atoms with E-state index in [2.05, 4.69) is 22.0 Å². The van der Waals surface area contributed by atoms with Crippen LogP contribution in [0.15, 0.2) is 0 Å². The third-order valence-electron chi connectivity index (χ3n) is 10.8. The minimum Gasteiger partial charge on any atom is -0.379 e. The van der Waals surface area contributed by atoms with Crippen LogP contribution in [0.25, 0.3) is 0 Å². The zero-order valence-electron chi connectivity index (χ0n) is 34.6. The van der Waals surface area contributed by atoms with Crippen molar-refractivity contribution in [2.45, 2.75) is 67.9 Å². The van der Waals surface area contributed by atoms with Crippen LogP contribution in [0.1, 0.15) is 51.9 Å². The second kappa shape index (κ2) is 31.4. The van der Waals surface area contributed by atoms with Gasteiger partial charge >= 0.3 is 0 Å². The third-order valence-corrected chi connectivity index (χ3v) is 13.6. The summed E-state index contributed by atoms with van der Waals surface area (Å²) in [6, 6.07) is 0. The Bertz CT molecular complexity index is 1130. The molecule has 2 saturated carbocycles. The molecule has 1 saturated heterocycles. The van der Waals surface area contributed by atoms with Gasteiger partial charge in [-0.15, -0.1) is 23.2 Å². The molecule has 1 aliphatic heterocycles. The van der Waals surface area contributed by atoms with E-state index in [0.29, 0.717) is 155 Å². The average Bonchev–Trinajstić information content (AvgIpc) is 3.19. The lowest BCUT2D eigenvalue weighted by Gasteiger charge is -2.51. The summed E-state index contributed by atoms with van der Waals surface area (Å²) in [5.74, 6) is 1.94. The molecule has 0 aromatic heterocycles. The van der Waals surface area contributed by atoms with Crippen LogP contribution in [0, 0.1) is 23.7 Å². The maximum Gasteiger partial charge on any atom is 0.222 e. The van der Waals surface area contributed by atoms with Crippen LogP contribution in [0.4, 0.5) is 0 Å². The molecule has 18 heteroatoms. The molecular formula is C39H73Cl2N3O12S. The number of nitrogens with zero attached hydrogens (tertiary/aromatic N) is 1. The number of rotatable bonds is 34. The van der Waals surface area contributed by atoms with Crippen molar-refractivity contribution in [3.8, 4) is 0 Å². The molecule has 0 radical (unpaired) electrons. The Balaban J connectivity index is 1.03. The molecule has 0 bridgehead atoms. The van der Waals surface area contributed by atoms with Crippen molar-refractivity contribution in [2.75, 3.05) is 152 Å². The highest BCUT2D eigenvalue weighted by molar-refractivity contribution is 7.90. The molecule has 3 aliphatic rings. The van der Waals surface area contributed by atoms with Crippen LogP contribution in [0.2, 0.25) is 0 Å². The van der Waals surface area contributed by atoms with Crippen LogP contribution in [0.3, 0.4) is 0 Å². The fourth-order valence-corrected chi connectivity index (χ4v) is 10.4. The van der Waals surface area contributed by atoms with Gasteiger partial charge in [-0.3, -0.25) is 4.79 Å². The first-order valence-electron chi connectivity index (χ1n) is 21.1. The molecule has 5 unspecified atom stereocenters. The number of carbonyl (C=O) groups excluding carboxylic acids is 1. The number of hydrogen-bond donors (Lipinski definition) is 2. The van der Waals surface area contributed by atoms with Crippen LogP contribution in [-0.4, -0.2) is 187 Å². The predicted octanol–water partition coefficient (Wildman–Crippen LogP) is 2.94. The predicted molar refractivity (Wildman–Crippen MR) is 220 cm³/mol. The number of likely N-dealkylation sites (tertiary alicyclic amines) is 1. The Morgan fingerprint density at radius 3 is 1.58 bits per heavy atom. The first-order chi connectivity index (χ1) is 27.7. The molecular weight excluding hydrogens is 805 g/mol. The molecule has 5 atom stereocenters. The quantitative estimate of drug-likeness (QED) is 0.0719. The summed E-state index contributed by atoms with van der Waals surface area (Å²) in [4.78, 5) is 14.4. The first kappa shape index (κ1) is 50.9. The fraction of sp³-hybridized carbons (Fsp3) is 0.974. The summed E-state index contributed by atoms with van der Waals surface area (Å²) in [6.07, 6.45) is 5.38. The van der Waals surface area contributed by atoms with E-state index >= 15 is 0 Å². The molecule has 15 nitrogen and oxygen atoms in total. The van der Waals surface area contributed by atoms with Crippen molar-refractivity contribution < 1.29 is 55.8 Å². The molecule has 2 N–H and O–H groups in total. The molecule has 336 valence electrons. The minimum atomic E-state index is -3.40. The number of halogens is 2. The summed E-state index contributed by atoms with van der Waals surface area (Å²) < 4.78 is 77.7. The Morgan fingerprint density at radius 1 is 0.596 bits per heavy atom. The third kappa shape index (κ3) is 22.3. The maximum atomic E-state index is 13.0. The van der Waals surface area contributed by atoms with E-state index in [-0.39, 0.29) is 41.5 Å². The molecule has 0 aromatic carbocycles. The zero-order valence-corrected chi connectivity index (χ0v) is 36.9. The van der Waals surface area contributed by atoms with E-state index < -0.39 is 10.0 Å². The van der Waals surface area contributed by atoms with E-state index in [0.717, 1.165) is 38.8 Å². The molecule has 57 heavy (non-hydrogen) atoms. The van der Waals surface area contributed by atoms with Gasteiger partial charge in [0.2, 0.25) is 15.9 Å². The summed E-state index contributed by atoms with van der Waals surface area (Å²) >= 11 is 13.4. The summed E-state index contributed by atoms with van der Waals surface area (Å²) in [5, 5.41) is 2.70. The Kier molecular flexibility index (Phi) is 28.1. The minimum absolute atomic E-state index is 0.105. The Morgan fingerprint density at radius 2 is 1.05 bits per heavy atom. The molecule has 1 amide bonds. The molecule has 0 spiro atoms. The number of sulfonamides is 1. The molecule has 0 aromatic rings. The van der Waals surface area contributed by atoms with Gasteiger partial charge in [-0.2, -0.15) is 0 Å². The molecule has 2 aliphatic carbocycles. The zero-order chi connectivity index (χ0) is 41.0. The molecule has 1 heterocycles. The average molecular weight is 879 g/mol. The van der Waals surface area contributed by atoms with Crippen LogP contribution < -0.4 is 10.0 Å². The van der Waals surface area contributed by atoms with Gasteiger partial charge in [-0.05, 0) is 76.2 Å². The van der Waals surface area contributed by atoms with Gasteiger partial charge in [0.1, 0.15) is 0 Å². The lowest BCUT2D eigenvalue weighted by atomic mass is 9.63. The van der Waals surface area contributed by atoms with Crippen molar-refractivity contribution in [3.05, 3.63) is 0 Å². The summed E-state index contributed by atoms with van der Waals surface area (Å²) in [5.41, 5.74) is 0. The number of amides is 1. The van der Waals surface area contributed by atoms with Gasteiger partial charge in [0.25, 0.3) is 0 Å². The van der Waals surface area contributed by atoms with Crippen molar-refractivity contribution in [1.29, 1.82) is 0 Å². The van der Waals surface area contributed by atoms with E-state index in [9.17, 15) is 13.2 Å². The van der Waals surface area contributed by atoms with Crippen molar-refractivity contribution >= 4 is 39.1 Å². The number of ether oxygens (including phenoxy) is 9. The highest BCUT2D eigenvalue weighted by Gasteiger charge is 2.47. The number of fused-ring (bicyclic) bond motifs is 1. The second-order valence-electron chi connectivity index (χ2n) is 15.0. The van der Waals surface area contributed by atoms with E-state index in [1.165, 1.54) is 0 Å². The van der Waals surface area contributed by atoms with E-state index in [1.807, 2.05) is 6.92 Å². The summed E-state index contributed by atoms with van der Waals surface area (Å²) in [6.45, 7) is 12.9. The monoisotopic (exact) mass is 877 g/mol. The maximum absolute atomic E-state index is 13.0. The van der Waals surface area contributed by atoms with Gasteiger partial charge in [-0.25, -0.2) is 13.1 Å². The number of alkyl halides is 2. The highest BCUT2D eigenvalue weighted by Crippen LogP contribution is 2.48. The lowest BCUT2D eigenvalue weighted by molar-refractivity contribution is -0.122. The fourth-order valence-electron chi connectivity index (χ4n) is 7.93. The first-order valence-corrected chi connectivity index (χ1v) is 23.5. The molecule has 3 fully saturated rings. The number of carbonyl (C=O) groups is 1. The largest absolute Gasteiger partial charge is 0.379 e. The smallest absolute Gasteiger partial charge is 0.222 e. The van der Waals surface area contributed by atoms with Crippen molar-refractivity contribution in [1.82, 2.24) is 14.9 Å². The van der Waals surface area contributed by atoms with E-state index in [4.69, 9.17) is 65.8 Å². The normalized spacial score (nSPS) is 25.7. The van der Waals surface area contributed by atoms with Gasteiger partial charge < -0.3 is 52.8 Å². The van der Waals surface area contributed by atoms with Gasteiger partial charge in [0.15, 0.2) is 0 Å². The number of piperidine rings is 1. The van der Waals surface area contributed by atoms with E-state index in [1.54, 1.807) is 0 Å². The summed E-state index contributed by atoms with van der Waals surface area (Å²) in [7, 11) is -1.22. The second-order valence-corrected chi connectivity index (χ2v) is 18.2. The number of nitrogens with one attached hydrogen (secondary N) is 2. The van der Waals surface area contributed by atoms with Gasteiger partial charge in [0.05, 0.1) is 118 Å². The highest BCUT2D eigenvalue weighted by atomic mass is 35.5. The number of hydrogen-bond acceptors (Lipinski definition) is 13. The SMILES string of the molecule is CCOCCOCCOCCOCCOCCOCCC(=O)NCCOCCOCCOCCNS(=O)(=O)C1CCC(C2CN(C)CC3C(Cl)CC(Cl)CC32)CC1. The van der Waals surface area contributed by atoms with Crippen molar-refractivity contribution in [2.24, 2.45) is 23.7 Å². The van der Waals surface area contributed by atoms with Crippen LogP contribution in [0.5, 0.6) is 0 Å². The van der Waals surface area contributed by atoms with Gasteiger partial charge in [-0.1, -0.05) is 0 Å².